The van der Waals surface area contributed by atoms with E-state index in [-0.39, 0.29) is 31.1 Å². The zero-order chi connectivity index (χ0) is 47.2. The molecule has 0 rings (SSSR count). The number of allylic oxidation sites excluding steroid dienone is 8. The summed E-state index contributed by atoms with van der Waals surface area (Å²) in [6, 6.07) is 0. The molecule has 0 amide bonds. The van der Waals surface area contributed by atoms with E-state index in [0.717, 1.165) is 96.3 Å². The first-order valence-electron chi connectivity index (χ1n) is 28.1. The van der Waals surface area contributed by atoms with Crippen LogP contribution in [0.3, 0.4) is 0 Å². The molecule has 65 heavy (non-hydrogen) atoms. The molecule has 6 nitrogen and oxygen atoms in total. The highest BCUT2D eigenvalue weighted by atomic mass is 16.6. The van der Waals surface area contributed by atoms with E-state index in [1.807, 2.05) is 0 Å². The summed E-state index contributed by atoms with van der Waals surface area (Å²) in [6.07, 6.45) is 65.2. The van der Waals surface area contributed by atoms with Crippen molar-refractivity contribution in [2.24, 2.45) is 0 Å². The number of rotatable bonds is 51. The van der Waals surface area contributed by atoms with Crippen LogP contribution in [0.5, 0.6) is 0 Å². The molecule has 1 atom stereocenters. The van der Waals surface area contributed by atoms with Gasteiger partial charge in [-0.15, -0.1) is 0 Å². The highest BCUT2D eigenvalue weighted by molar-refractivity contribution is 5.71. The number of esters is 3. The van der Waals surface area contributed by atoms with Gasteiger partial charge < -0.3 is 14.2 Å². The van der Waals surface area contributed by atoms with E-state index in [0.29, 0.717) is 19.3 Å². The predicted molar refractivity (Wildman–Crippen MR) is 279 cm³/mol. The van der Waals surface area contributed by atoms with Crippen molar-refractivity contribution in [1.29, 1.82) is 0 Å². The molecule has 0 saturated carbocycles. The molecule has 378 valence electrons. The molecular formula is C59H106O6. The van der Waals surface area contributed by atoms with Gasteiger partial charge in [0.15, 0.2) is 6.10 Å². The molecule has 0 aromatic heterocycles. The van der Waals surface area contributed by atoms with E-state index in [1.165, 1.54) is 154 Å². The molecule has 1 unspecified atom stereocenters. The summed E-state index contributed by atoms with van der Waals surface area (Å²) in [4.78, 5) is 38.1. The van der Waals surface area contributed by atoms with Gasteiger partial charge in [0.2, 0.25) is 0 Å². The number of ether oxygens (including phenoxy) is 3. The Kier molecular flexibility index (Phi) is 51.8. The van der Waals surface area contributed by atoms with Crippen LogP contribution in [-0.2, 0) is 28.6 Å². The maximum atomic E-state index is 12.8. The molecule has 0 N–H and O–H groups in total. The van der Waals surface area contributed by atoms with Crippen LogP contribution in [0.2, 0.25) is 0 Å². The number of carbonyl (C=O) groups excluding carboxylic acids is 3. The molecule has 0 saturated heterocycles. The summed E-state index contributed by atoms with van der Waals surface area (Å²) in [5, 5.41) is 0. The number of carbonyl (C=O) groups is 3. The summed E-state index contributed by atoms with van der Waals surface area (Å²) in [5.74, 6) is -0.895. The molecule has 0 fully saturated rings. The number of unbranched alkanes of at least 4 members (excludes halogenated alkanes) is 32. The molecule has 0 aromatic rings. The Labute approximate surface area is 403 Å². The second kappa shape index (κ2) is 54.0. The maximum absolute atomic E-state index is 12.8. The van der Waals surface area contributed by atoms with Gasteiger partial charge in [-0.1, -0.05) is 236 Å². The lowest BCUT2D eigenvalue weighted by atomic mass is 10.0. The van der Waals surface area contributed by atoms with E-state index in [1.54, 1.807) is 0 Å². The Bertz CT molecular complexity index is 1140. The van der Waals surface area contributed by atoms with Gasteiger partial charge in [0, 0.05) is 19.3 Å². The zero-order valence-electron chi connectivity index (χ0n) is 43.3. The average Bonchev–Trinajstić information content (AvgIpc) is 3.30. The fourth-order valence-corrected chi connectivity index (χ4v) is 8.03. The Balaban J connectivity index is 4.40. The standard InChI is InChI=1S/C59H106O6/c1-4-7-10-13-16-19-22-25-28-31-34-37-40-43-46-49-52-58(61)64-55-56(54-63-57(60)51-48-45-42-39-36-33-30-27-24-21-18-15-12-9-6-3)65-59(62)53-50-47-44-41-38-35-32-29-26-23-20-17-14-11-8-5-2/h18-19,21-22,27-28,30-31,56H,4-17,20,23-26,29,32-55H2,1-3H3/b21-18-,22-19-,30-27-,31-28-. The number of hydrogen-bond acceptors (Lipinski definition) is 6. The van der Waals surface area contributed by atoms with Crippen LogP contribution >= 0.6 is 0 Å². The van der Waals surface area contributed by atoms with E-state index >= 15 is 0 Å². The smallest absolute Gasteiger partial charge is 0.306 e. The first-order chi connectivity index (χ1) is 32.0. The van der Waals surface area contributed by atoms with E-state index in [2.05, 4.69) is 69.4 Å². The molecular weight excluding hydrogens is 805 g/mol. The fraction of sp³-hybridized carbons (Fsp3) is 0.814. The minimum absolute atomic E-state index is 0.0825. The monoisotopic (exact) mass is 911 g/mol. The van der Waals surface area contributed by atoms with E-state index in [9.17, 15) is 14.4 Å². The summed E-state index contributed by atoms with van der Waals surface area (Å²) in [7, 11) is 0. The van der Waals surface area contributed by atoms with Crippen LogP contribution in [0.1, 0.15) is 290 Å². The van der Waals surface area contributed by atoms with Crippen molar-refractivity contribution < 1.29 is 28.6 Å². The van der Waals surface area contributed by atoms with Gasteiger partial charge in [-0.05, 0) is 83.5 Å². The Morgan fingerprint density at radius 1 is 0.308 bits per heavy atom. The SMILES string of the molecule is CCCCC/C=C\C/C=C\CCCCCCCC(=O)OCC(COC(=O)CCCCCCC/C=C\C/C=C\CCCCCC)OC(=O)CCCCCCCCCCCCCCCCCC. The average molecular weight is 911 g/mol. The highest BCUT2D eigenvalue weighted by Gasteiger charge is 2.19. The molecule has 0 radical (unpaired) electrons. The van der Waals surface area contributed by atoms with Crippen molar-refractivity contribution in [3.63, 3.8) is 0 Å². The summed E-state index contributed by atoms with van der Waals surface area (Å²) in [6.45, 7) is 6.60. The topological polar surface area (TPSA) is 78.9 Å². The summed E-state index contributed by atoms with van der Waals surface area (Å²) >= 11 is 0. The van der Waals surface area contributed by atoms with Gasteiger partial charge in [0.1, 0.15) is 13.2 Å². The second-order valence-corrected chi connectivity index (χ2v) is 18.8. The molecule has 0 aliphatic heterocycles. The predicted octanol–water partition coefficient (Wildman–Crippen LogP) is 18.7. The molecule has 0 aromatic carbocycles. The van der Waals surface area contributed by atoms with Gasteiger partial charge in [-0.2, -0.15) is 0 Å². The van der Waals surface area contributed by atoms with Crippen LogP contribution in [0.25, 0.3) is 0 Å². The lowest BCUT2D eigenvalue weighted by Gasteiger charge is -2.18. The summed E-state index contributed by atoms with van der Waals surface area (Å²) in [5.41, 5.74) is 0. The molecule has 0 spiro atoms. The molecule has 6 heteroatoms. The maximum Gasteiger partial charge on any atom is 0.306 e. The Morgan fingerprint density at radius 3 is 0.892 bits per heavy atom. The van der Waals surface area contributed by atoms with Gasteiger partial charge in [-0.25, -0.2) is 0 Å². The first-order valence-corrected chi connectivity index (χ1v) is 28.1. The third-order valence-electron chi connectivity index (χ3n) is 12.3. The Hall–Kier alpha value is -2.63. The Morgan fingerprint density at radius 2 is 0.554 bits per heavy atom. The number of hydrogen-bond donors (Lipinski definition) is 0. The van der Waals surface area contributed by atoms with Gasteiger partial charge >= 0.3 is 17.9 Å². The minimum Gasteiger partial charge on any atom is -0.462 e. The van der Waals surface area contributed by atoms with Crippen molar-refractivity contribution >= 4 is 17.9 Å². The minimum atomic E-state index is -0.782. The lowest BCUT2D eigenvalue weighted by Crippen LogP contribution is -2.30. The highest BCUT2D eigenvalue weighted by Crippen LogP contribution is 2.16. The van der Waals surface area contributed by atoms with Gasteiger partial charge in [-0.3, -0.25) is 14.4 Å². The van der Waals surface area contributed by atoms with Gasteiger partial charge in [0.05, 0.1) is 0 Å². The van der Waals surface area contributed by atoms with Crippen molar-refractivity contribution in [2.45, 2.75) is 297 Å². The van der Waals surface area contributed by atoms with Crippen molar-refractivity contribution in [3.8, 4) is 0 Å². The van der Waals surface area contributed by atoms with Crippen LogP contribution in [0.15, 0.2) is 48.6 Å². The van der Waals surface area contributed by atoms with E-state index < -0.39 is 6.10 Å². The lowest BCUT2D eigenvalue weighted by molar-refractivity contribution is -0.167. The zero-order valence-corrected chi connectivity index (χ0v) is 43.3. The molecule has 0 aliphatic carbocycles. The van der Waals surface area contributed by atoms with Crippen LogP contribution in [0.4, 0.5) is 0 Å². The first kappa shape index (κ1) is 62.4. The van der Waals surface area contributed by atoms with Crippen LogP contribution < -0.4 is 0 Å². The molecule has 0 heterocycles. The van der Waals surface area contributed by atoms with Crippen LogP contribution in [0, 0.1) is 0 Å². The van der Waals surface area contributed by atoms with Crippen molar-refractivity contribution in [1.82, 2.24) is 0 Å². The quantitative estimate of drug-likeness (QED) is 0.0262. The van der Waals surface area contributed by atoms with E-state index in [4.69, 9.17) is 14.2 Å². The summed E-state index contributed by atoms with van der Waals surface area (Å²) < 4.78 is 16.8. The second-order valence-electron chi connectivity index (χ2n) is 18.8. The van der Waals surface area contributed by atoms with Crippen molar-refractivity contribution in [3.05, 3.63) is 48.6 Å². The van der Waals surface area contributed by atoms with Crippen molar-refractivity contribution in [2.75, 3.05) is 13.2 Å². The third kappa shape index (κ3) is 52.2. The normalized spacial score (nSPS) is 12.4. The largest absolute Gasteiger partial charge is 0.462 e. The van der Waals surface area contributed by atoms with Crippen LogP contribution in [-0.4, -0.2) is 37.2 Å². The fourth-order valence-electron chi connectivity index (χ4n) is 8.03. The van der Waals surface area contributed by atoms with Gasteiger partial charge in [0.25, 0.3) is 0 Å². The molecule has 0 aliphatic rings. The third-order valence-corrected chi connectivity index (χ3v) is 12.3. The molecule has 0 bridgehead atoms.